The average Bonchev–Trinajstić information content (AvgIpc) is 2.44. The lowest BCUT2D eigenvalue weighted by molar-refractivity contribution is 0.0893. The van der Waals surface area contributed by atoms with E-state index in [4.69, 9.17) is 4.74 Å². The maximum Gasteiger partial charge on any atom is 0.125 e. The van der Waals surface area contributed by atoms with Crippen LogP contribution in [-0.4, -0.2) is 32.8 Å². The van der Waals surface area contributed by atoms with Gasteiger partial charge in [0.05, 0.1) is 6.10 Å². The molecule has 1 atom stereocenters. The number of halogens is 1. The average molecular weight is 266 g/mol. The Bertz CT molecular complexity index is 411. The maximum atomic E-state index is 13.7. The van der Waals surface area contributed by atoms with Crippen molar-refractivity contribution in [1.29, 1.82) is 0 Å². The molecule has 1 N–H and O–H groups in total. The van der Waals surface area contributed by atoms with Crippen LogP contribution < -0.4 is 10.2 Å². The lowest BCUT2D eigenvalue weighted by Crippen LogP contribution is -2.39. The molecule has 1 aromatic rings. The Morgan fingerprint density at radius 1 is 1.42 bits per heavy atom. The second kappa shape index (κ2) is 6.87. The largest absolute Gasteiger partial charge is 0.380 e. The van der Waals surface area contributed by atoms with Gasteiger partial charge < -0.3 is 15.0 Å². The fraction of sp³-hybridized carbons (Fsp3) is 0.600. The molecule has 1 aliphatic heterocycles. The van der Waals surface area contributed by atoms with Gasteiger partial charge in [0.2, 0.25) is 0 Å². The normalized spacial score (nSPS) is 19.7. The van der Waals surface area contributed by atoms with E-state index in [-0.39, 0.29) is 11.9 Å². The Labute approximate surface area is 114 Å². The second-order valence-corrected chi connectivity index (χ2v) is 5.04. The molecule has 3 nitrogen and oxygen atoms in total. The molecular weight excluding hydrogens is 243 g/mol. The Balaban J connectivity index is 2.11. The van der Waals surface area contributed by atoms with Crippen LogP contribution in [0.5, 0.6) is 0 Å². The first kappa shape index (κ1) is 14.3. The number of hydrogen-bond donors (Lipinski definition) is 1. The van der Waals surface area contributed by atoms with E-state index in [1.54, 1.807) is 19.2 Å². The molecule has 2 rings (SSSR count). The standard InChI is InChI=1S/C15H23FN2O/c1-3-17-10-12-7-13(16)9-14(8-12)18-6-4-5-15(11-18)19-2/h7-9,15,17H,3-6,10-11H2,1-2H3. The minimum atomic E-state index is -0.162. The van der Waals surface area contributed by atoms with Gasteiger partial charge >= 0.3 is 0 Å². The minimum Gasteiger partial charge on any atom is -0.380 e. The maximum absolute atomic E-state index is 13.7. The molecule has 4 heteroatoms. The number of methoxy groups -OCH3 is 1. The van der Waals surface area contributed by atoms with E-state index in [1.807, 2.05) is 6.92 Å². The Morgan fingerprint density at radius 3 is 3.00 bits per heavy atom. The van der Waals surface area contributed by atoms with E-state index < -0.39 is 0 Å². The molecule has 1 aliphatic rings. The number of piperidine rings is 1. The van der Waals surface area contributed by atoms with Gasteiger partial charge in [-0.15, -0.1) is 0 Å². The summed E-state index contributed by atoms with van der Waals surface area (Å²) >= 11 is 0. The summed E-state index contributed by atoms with van der Waals surface area (Å²) in [4.78, 5) is 2.22. The first-order chi connectivity index (χ1) is 9.22. The molecular formula is C15H23FN2O. The third-order valence-corrected chi connectivity index (χ3v) is 3.60. The molecule has 1 heterocycles. The molecule has 0 aliphatic carbocycles. The number of nitrogens with one attached hydrogen (secondary N) is 1. The van der Waals surface area contributed by atoms with E-state index in [2.05, 4.69) is 16.3 Å². The first-order valence-electron chi connectivity index (χ1n) is 7.01. The van der Waals surface area contributed by atoms with Gasteiger partial charge in [0.1, 0.15) is 5.82 Å². The molecule has 0 amide bonds. The van der Waals surface area contributed by atoms with Gasteiger partial charge in [-0.1, -0.05) is 6.92 Å². The number of hydrogen-bond acceptors (Lipinski definition) is 3. The van der Waals surface area contributed by atoms with Gasteiger partial charge in [-0.2, -0.15) is 0 Å². The molecule has 0 saturated carbocycles. The minimum absolute atomic E-state index is 0.162. The summed E-state index contributed by atoms with van der Waals surface area (Å²) in [6.45, 7) is 5.47. The highest BCUT2D eigenvalue weighted by molar-refractivity contribution is 5.49. The van der Waals surface area contributed by atoms with Crippen LogP contribution in [0.2, 0.25) is 0 Å². The summed E-state index contributed by atoms with van der Waals surface area (Å²) in [5.41, 5.74) is 1.96. The Hall–Kier alpha value is -1.13. The molecule has 0 spiro atoms. The first-order valence-corrected chi connectivity index (χ1v) is 7.01. The summed E-state index contributed by atoms with van der Waals surface area (Å²) in [5, 5.41) is 3.23. The fourth-order valence-corrected chi connectivity index (χ4v) is 2.55. The molecule has 0 bridgehead atoms. The van der Waals surface area contributed by atoms with Crippen molar-refractivity contribution in [3.8, 4) is 0 Å². The second-order valence-electron chi connectivity index (χ2n) is 5.04. The van der Waals surface area contributed by atoms with Crippen molar-refractivity contribution in [2.24, 2.45) is 0 Å². The van der Waals surface area contributed by atoms with Gasteiger partial charge in [-0.25, -0.2) is 4.39 Å². The predicted octanol–water partition coefficient (Wildman–Crippen LogP) is 2.55. The molecule has 0 radical (unpaired) electrons. The molecule has 106 valence electrons. The van der Waals surface area contributed by atoms with Gasteiger partial charge in [-0.3, -0.25) is 0 Å². The van der Waals surface area contributed by atoms with Crippen LogP contribution >= 0.6 is 0 Å². The quantitative estimate of drug-likeness (QED) is 0.886. The zero-order chi connectivity index (χ0) is 13.7. The van der Waals surface area contributed by atoms with Crippen LogP contribution in [0.1, 0.15) is 25.3 Å². The van der Waals surface area contributed by atoms with E-state index >= 15 is 0 Å². The van der Waals surface area contributed by atoms with Crippen molar-refractivity contribution in [3.63, 3.8) is 0 Å². The third kappa shape index (κ3) is 3.91. The van der Waals surface area contributed by atoms with Crippen LogP contribution in [0, 0.1) is 5.82 Å². The van der Waals surface area contributed by atoms with E-state index in [0.29, 0.717) is 6.54 Å². The topological polar surface area (TPSA) is 24.5 Å². The number of ether oxygens (including phenoxy) is 1. The number of rotatable bonds is 5. The molecule has 1 aromatic carbocycles. The van der Waals surface area contributed by atoms with Crippen molar-refractivity contribution >= 4 is 5.69 Å². The molecule has 0 aromatic heterocycles. The van der Waals surface area contributed by atoms with Crippen LogP contribution in [0.15, 0.2) is 18.2 Å². The van der Waals surface area contributed by atoms with Crippen molar-refractivity contribution in [2.75, 3.05) is 31.6 Å². The Kier molecular flexibility index (Phi) is 5.16. The van der Waals surface area contributed by atoms with E-state index in [9.17, 15) is 4.39 Å². The van der Waals surface area contributed by atoms with Crippen molar-refractivity contribution in [3.05, 3.63) is 29.6 Å². The number of anilines is 1. The van der Waals surface area contributed by atoms with Crippen molar-refractivity contribution in [1.82, 2.24) is 5.32 Å². The van der Waals surface area contributed by atoms with Crippen LogP contribution in [-0.2, 0) is 11.3 Å². The third-order valence-electron chi connectivity index (χ3n) is 3.60. The summed E-state index contributed by atoms with van der Waals surface area (Å²) < 4.78 is 19.1. The molecule has 1 saturated heterocycles. The van der Waals surface area contributed by atoms with Crippen molar-refractivity contribution < 1.29 is 9.13 Å². The van der Waals surface area contributed by atoms with Gasteiger partial charge in [0.25, 0.3) is 0 Å². The lowest BCUT2D eigenvalue weighted by Gasteiger charge is -2.33. The van der Waals surface area contributed by atoms with Crippen LogP contribution in [0.3, 0.4) is 0 Å². The Morgan fingerprint density at radius 2 is 2.26 bits per heavy atom. The number of benzene rings is 1. The monoisotopic (exact) mass is 266 g/mol. The van der Waals surface area contributed by atoms with Gasteiger partial charge in [0.15, 0.2) is 0 Å². The summed E-state index contributed by atoms with van der Waals surface area (Å²) in [5.74, 6) is -0.162. The highest BCUT2D eigenvalue weighted by atomic mass is 19.1. The van der Waals surface area contributed by atoms with Crippen LogP contribution in [0.25, 0.3) is 0 Å². The van der Waals surface area contributed by atoms with Gasteiger partial charge in [-0.05, 0) is 43.1 Å². The highest BCUT2D eigenvalue weighted by Gasteiger charge is 2.20. The molecule has 1 unspecified atom stereocenters. The highest BCUT2D eigenvalue weighted by Crippen LogP contribution is 2.23. The lowest BCUT2D eigenvalue weighted by atomic mass is 10.1. The molecule has 1 fully saturated rings. The zero-order valence-corrected chi connectivity index (χ0v) is 11.8. The van der Waals surface area contributed by atoms with Crippen LogP contribution in [0.4, 0.5) is 10.1 Å². The van der Waals surface area contributed by atoms with Crippen molar-refractivity contribution in [2.45, 2.75) is 32.4 Å². The smallest absolute Gasteiger partial charge is 0.125 e. The SMILES string of the molecule is CCNCc1cc(F)cc(N2CCCC(OC)C2)c1. The zero-order valence-electron chi connectivity index (χ0n) is 11.8. The predicted molar refractivity (Wildman–Crippen MR) is 76.0 cm³/mol. The number of nitrogens with zero attached hydrogens (tertiary/aromatic N) is 1. The summed E-state index contributed by atoms with van der Waals surface area (Å²) in [6, 6.07) is 5.29. The van der Waals surface area contributed by atoms with Gasteiger partial charge in [0, 0.05) is 32.4 Å². The summed E-state index contributed by atoms with van der Waals surface area (Å²) in [7, 11) is 1.75. The molecule has 19 heavy (non-hydrogen) atoms. The van der Waals surface area contributed by atoms with E-state index in [1.165, 1.54) is 0 Å². The van der Waals surface area contributed by atoms with E-state index in [0.717, 1.165) is 43.7 Å². The fourth-order valence-electron chi connectivity index (χ4n) is 2.55. The summed E-state index contributed by atoms with van der Waals surface area (Å²) in [6.07, 6.45) is 2.44.